The van der Waals surface area contributed by atoms with Gasteiger partial charge >= 0.3 is 11.9 Å². The molecule has 5 atom stereocenters. The van der Waals surface area contributed by atoms with Crippen molar-refractivity contribution in [2.75, 3.05) is 19.7 Å². The molecule has 0 radical (unpaired) electrons. The molecule has 352 valence electrons. The zero-order valence-electron chi connectivity index (χ0n) is 37.4. The largest absolute Gasteiger partial charge is 0.481 e. The van der Waals surface area contributed by atoms with Gasteiger partial charge in [0.1, 0.15) is 29.9 Å². The Balaban J connectivity index is 1.56. The summed E-state index contributed by atoms with van der Waals surface area (Å²) < 4.78 is 33.6. The lowest BCUT2D eigenvalue weighted by Crippen LogP contribution is -2.61. The number of rotatable bonds is 19. The monoisotopic (exact) mass is 909 g/mol. The number of aliphatic carboxylic acids is 2. The lowest BCUT2D eigenvalue weighted by Gasteiger charge is -2.35. The van der Waals surface area contributed by atoms with E-state index in [2.05, 4.69) is 26.4 Å². The summed E-state index contributed by atoms with van der Waals surface area (Å²) in [6.45, 7) is 10.6. The van der Waals surface area contributed by atoms with Crippen molar-refractivity contribution in [2.45, 2.75) is 98.3 Å². The average Bonchev–Trinajstić information content (AvgIpc) is 3.63. The van der Waals surface area contributed by atoms with Gasteiger partial charge in [-0.25, -0.2) is 13.8 Å². The van der Waals surface area contributed by atoms with Crippen LogP contribution >= 0.6 is 0 Å². The van der Waals surface area contributed by atoms with Gasteiger partial charge in [0.25, 0.3) is 17.7 Å². The van der Waals surface area contributed by atoms with Crippen LogP contribution in [0.1, 0.15) is 84.6 Å². The van der Waals surface area contributed by atoms with Crippen molar-refractivity contribution in [3.8, 4) is 5.75 Å². The standard InChI is InChI=1S/C45H57F2N7O11/c1-24(2)36(50-40(60)31-16-15-26-11-8-9-14-30(26)48-31)42(62)49-32(21-35(58)59)41(61)51-37(25(3)4)44(64)53-19-17-27(22-45(5,6)7)38(53)43(63)52-54(20-18-34(56)57)33(55)23-65-39-28(46)12-10-13-29(39)47/h8-16,24-25,27,32,36-38H,17-23H2,1-7H3,(H,49,62)(H,50,60)(H,51,61)(H,52,63)(H,56,57)(H,58,59)/t27-,32+,36+,37+,38+/m1/s1. The molecule has 0 bridgehead atoms. The van der Waals surface area contributed by atoms with Crippen molar-refractivity contribution >= 4 is 58.3 Å². The van der Waals surface area contributed by atoms with E-state index in [-0.39, 0.29) is 17.7 Å². The van der Waals surface area contributed by atoms with Gasteiger partial charge in [0.15, 0.2) is 24.0 Å². The molecule has 18 nitrogen and oxygen atoms in total. The molecule has 0 aliphatic carbocycles. The highest BCUT2D eigenvalue weighted by molar-refractivity contribution is 6.00. The van der Waals surface area contributed by atoms with Crippen LogP contribution < -0.4 is 26.1 Å². The maximum absolute atomic E-state index is 14.5. The van der Waals surface area contributed by atoms with Gasteiger partial charge in [-0.1, -0.05) is 78.8 Å². The van der Waals surface area contributed by atoms with E-state index in [1.54, 1.807) is 45.9 Å². The summed E-state index contributed by atoms with van der Waals surface area (Å²) >= 11 is 0. The third kappa shape index (κ3) is 14.1. The Morgan fingerprint density at radius 1 is 0.831 bits per heavy atom. The summed E-state index contributed by atoms with van der Waals surface area (Å²) in [5.74, 6) is -12.9. The highest BCUT2D eigenvalue weighted by Crippen LogP contribution is 2.36. The van der Waals surface area contributed by atoms with E-state index in [9.17, 15) is 57.4 Å². The first-order chi connectivity index (χ1) is 30.5. The molecule has 3 aromatic rings. The van der Waals surface area contributed by atoms with E-state index >= 15 is 0 Å². The molecule has 1 aliphatic heterocycles. The van der Waals surface area contributed by atoms with E-state index in [1.807, 2.05) is 32.9 Å². The molecule has 6 amide bonds. The second kappa shape index (κ2) is 22.3. The van der Waals surface area contributed by atoms with Crippen molar-refractivity contribution in [3.05, 3.63) is 71.9 Å². The number of hydrogen-bond donors (Lipinski definition) is 6. The quantitative estimate of drug-likeness (QED) is 0.0947. The minimum absolute atomic E-state index is 0.00657. The molecule has 6 N–H and O–H groups in total. The molecule has 65 heavy (non-hydrogen) atoms. The number of nitrogens with zero attached hydrogens (tertiary/aromatic N) is 3. The van der Waals surface area contributed by atoms with Gasteiger partial charge in [0.05, 0.1) is 24.9 Å². The van der Waals surface area contributed by atoms with Crippen LogP contribution in [0.2, 0.25) is 0 Å². The molecular weight excluding hydrogens is 853 g/mol. The first-order valence-corrected chi connectivity index (χ1v) is 21.2. The molecule has 4 rings (SSSR count). The first kappa shape index (κ1) is 50.9. The number of carbonyl (C=O) groups excluding carboxylic acids is 6. The Bertz CT molecular complexity index is 2250. The number of carboxylic acid groups (broad SMARTS) is 2. The fraction of sp³-hybridized carbons (Fsp3) is 0.489. The van der Waals surface area contributed by atoms with Crippen LogP contribution in [-0.2, 0) is 33.6 Å². The maximum atomic E-state index is 14.5. The number of carboxylic acids is 2. The third-order valence-electron chi connectivity index (χ3n) is 10.6. The number of fused-ring (bicyclic) bond motifs is 1. The number of benzene rings is 2. The smallest absolute Gasteiger partial charge is 0.305 e. The summed E-state index contributed by atoms with van der Waals surface area (Å²) in [4.78, 5) is 112. The SMILES string of the molecule is CC(C)[C@H](NC(=O)c1ccc2ccccc2n1)C(=O)N[C@@H](CC(=O)O)C(=O)N[C@H](C(=O)N1CC[C@H](CC(C)(C)C)[C@H]1C(=O)NN(CCC(=O)O)C(=O)COc1c(F)cccc1F)C(C)C. The number of pyridine rings is 1. The van der Waals surface area contributed by atoms with E-state index < -0.39 is 133 Å². The van der Waals surface area contributed by atoms with Gasteiger partial charge < -0.3 is 35.8 Å². The Hall–Kier alpha value is -6.73. The second-order valence-corrected chi connectivity index (χ2v) is 17.8. The van der Waals surface area contributed by atoms with Crippen LogP contribution in [0.5, 0.6) is 5.75 Å². The normalized spacial score (nSPS) is 16.3. The fourth-order valence-electron chi connectivity index (χ4n) is 7.48. The highest BCUT2D eigenvalue weighted by atomic mass is 19.1. The summed E-state index contributed by atoms with van der Waals surface area (Å²) in [7, 11) is 0. The molecule has 1 saturated heterocycles. The van der Waals surface area contributed by atoms with E-state index in [4.69, 9.17) is 4.74 Å². The average molecular weight is 910 g/mol. The molecule has 20 heteroatoms. The summed E-state index contributed by atoms with van der Waals surface area (Å²) in [6.07, 6.45) is -0.867. The van der Waals surface area contributed by atoms with Crippen LogP contribution in [0.4, 0.5) is 8.78 Å². The van der Waals surface area contributed by atoms with Gasteiger partial charge in [-0.3, -0.25) is 48.8 Å². The Kier molecular flexibility index (Phi) is 17.4. The second-order valence-electron chi connectivity index (χ2n) is 17.8. The van der Waals surface area contributed by atoms with Crippen LogP contribution in [-0.4, -0.2) is 116 Å². The summed E-state index contributed by atoms with van der Waals surface area (Å²) in [6, 6.07) is 7.52. The molecule has 1 aliphatic rings. The fourth-order valence-corrected chi connectivity index (χ4v) is 7.48. The zero-order valence-corrected chi connectivity index (χ0v) is 37.4. The lowest BCUT2D eigenvalue weighted by atomic mass is 9.81. The third-order valence-corrected chi connectivity index (χ3v) is 10.6. The molecule has 0 unspecified atom stereocenters. The number of nitrogens with one attached hydrogen (secondary N) is 4. The number of hydrogen-bond acceptors (Lipinski definition) is 10. The molecule has 1 fully saturated rings. The number of ether oxygens (including phenoxy) is 1. The molecule has 2 heterocycles. The van der Waals surface area contributed by atoms with Crippen molar-refractivity contribution in [1.82, 2.24) is 36.3 Å². The predicted octanol–water partition coefficient (Wildman–Crippen LogP) is 3.43. The van der Waals surface area contributed by atoms with Gasteiger partial charge in [0, 0.05) is 11.9 Å². The molecule has 1 aromatic heterocycles. The molecule has 2 aromatic carbocycles. The van der Waals surface area contributed by atoms with Crippen molar-refractivity contribution in [1.29, 1.82) is 0 Å². The van der Waals surface area contributed by atoms with Gasteiger partial charge in [-0.15, -0.1) is 0 Å². The lowest BCUT2D eigenvalue weighted by molar-refractivity contribution is -0.150. The zero-order chi connectivity index (χ0) is 48.3. The van der Waals surface area contributed by atoms with Crippen molar-refractivity contribution in [3.63, 3.8) is 0 Å². The minimum atomic E-state index is -1.73. The Morgan fingerprint density at radius 3 is 2.08 bits per heavy atom. The Labute approximate surface area is 374 Å². The van der Waals surface area contributed by atoms with E-state index in [0.29, 0.717) is 23.4 Å². The molecule has 0 saturated carbocycles. The van der Waals surface area contributed by atoms with Gasteiger partial charge in [-0.05, 0) is 60.3 Å². The number of amides is 6. The van der Waals surface area contributed by atoms with Crippen LogP contribution in [0, 0.1) is 34.8 Å². The number of para-hydroxylation sites is 2. The molecule has 0 spiro atoms. The van der Waals surface area contributed by atoms with E-state index in [0.717, 1.165) is 23.6 Å². The van der Waals surface area contributed by atoms with Crippen LogP contribution in [0.15, 0.2) is 54.6 Å². The van der Waals surface area contributed by atoms with Gasteiger partial charge in [-0.2, -0.15) is 0 Å². The first-order valence-electron chi connectivity index (χ1n) is 21.2. The summed E-state index contributed by atoms with van der Waals surface area (Å²) in [5.41, 5.74) is 2.56. The Morgan fingerprint density at radius 2 is 1.48 bits per heavy atom. The number of aromatic nitrogens is 1. The highest BCUT2D eigenvalue weighted by Gasteiger charge is 2.46. The minimum Gasteiger partial charge on any atom is -0.481 e. The topological polar surface area (TPSA) is 254 Å². The number of hydrazine groups is 1. The number of halogens is 2. The van der Waals surface area contributed by atoms with Crippen molar-refractivity contribution < 1.29 is 62.1 Å². The van der Waals surface area contributed by atoms with Crippen molar-refractivity contribution in [2.24, 2.45) is 23.2 Å². The van der Waals surface area contributed by atoms with Crippen LogP contribution in [0.3, 0.4) is 0 Å². The molecular formula is C45H57F2N7O11. The predicted molar refractivity (Wildman–Crippen MR) is 230 cm³/mol. The van der Waals surface area contributed by atoms with E-state index in [1.165, 1.54) is 11.0 Å². The number of carbonyl (C=O) groups is 8. The van der Waals surface area contributed by atoms with Crippen LogP contribution in [0.25, 0.3) is 10.9 Å². The number of likely N-dealkylation sites (tertiary alicyclic amines) is 1. The maximum Gasteiger partial charge on any atom is 0.305 e. The summed E-state index contributed by atoms with van der Waals surface area (Å²) in [5, 5.41) is 28.2. The van der Waals surface area contributed by atoms with Gasteiger partial charge in [0.2, 0.25) is 17.7 Å².